The zero-order chi connectivity index (χ0) is 22.7. The molecule has 1 aromatic carbocycles. The molecule has 4 rings (SSSR count). The second kappa shape index (κ2) is 9.53. The van der Waals surface area contributed by atoms with E-state index in [1.165, 1.54) is 34.5 Å². The lowest BCUT2D eigenvalue weighted by atomic mass is 9.55. The first-order valence-electron chi connectivity index (χ1n) is 9.90. The molecule has 0 aromatic heterocycles. The average molecular weight is 432 g/mol. The van der Waals surface area contributed by atoms with Crippen LogP contribution in [0.2, 0.25) is 0 Å². The number of esters is 2. The molecule has 0 radical (unpaired) electrons. The van der Waals surface area contributed by atoms with Crippen molar-refractivity contribution >= 4 is 11.9 Å². The van der Waals surface area contributed by atoms with Crippen molar-refractivity contribution in [2.75, 3.05) is 35.5 Å². The number of carbonyl (C=O) groups is 2. The van der Waals surface area contributed by atoms with Gasteiger partial charge in [0.05, 0.1) is 46.6 Å². The van der Waals surface area contributed by atoms with Crippen LogP contribution in [0.25, 0.3) is 0 Å². The van der Waals surface area contributed by atoms with Crippen molar-refractivity contribution < 1.29 is 38.4 Å². The Morgan fingerprint density at radius 1 is 0.968 bits per heavy atom. The molecule has 0 spiro atoms. The normalized spacial score (nSPS) is 29.4. The summed E-state index contributed by atoms with van der Waals surface area (Å²) in [6.45, 7) is 0. The molecule has 8 nitrogen and oxygen atoms in total. The molecule has 3 aliphatic carbocycles. The molecule has 168 valence electrons. The Balaban J connectivity index is 2.14. The molecule has 1 fully saturated rings. The van der Waals surface area contributed by atoms with Crippen LogP contribution in [0.3, 0.4) is 0 Å². The van der Waals surface area contributed by atoms with Crippen molar-refractivity contribution in [3.63, 3.8) is 0 Å². The van der Waals surface area contributed by atoms with E-state index in [9.17, 15) is 14.7 Å². The summed E-state index contributed by atoms with van der Waals surface area (Å²) in [5, 5.41) is 11.0. The minimum Gasteiger partial charge on any atom is -0.493 e. The predicted molar refractivity (Wildman–Crippen MR) is 111 cm³/mol. The molecule has 31 heavy (non-hydrogen) atoms. The number of benzene rings is 1. The van der Waals surface area contributed by atoms with E-state index in [2.05, 4.69) is 4.74 Å². The highest BCUT2D eigenvalue weighted by molar-refractivity contribution is 5.83. The summed E-state index contributed by atoms with van der Waals surface area (Å²) in [6.07, 6.45) is 3.33. The van der Waals surface area contributed by atoms with Crippen molar-refractivity contribution in [1.82, 2.24) is 0 Å². The second-order valence-electron chi connectivity index (χ2n) is 7.51. The molecule has 5 unspecified atom stereocenters. The predicted octanol–water partition coefficient (Wildman–Crippen LogP) is 1.87. The third kappa shape index (κ3) is 4.05. The molecule has 3 aliphatic rings. The highest BCUT2D eigenvalue weighted by atomic mass is 16.5. The quantitative estimate of drug-likeness (QED) is 0.515. The van der Waals surface area contributed by atoms with Crippen molar-refractivity contribution in [3.8, 4) is 11.5 Å². The molecule has 1 saturated carbocycles. The maximum absolute atomic E-state index is 13.0. The highest BCUT2D eigenvalue weighted by Gasteiger charge is 2.57. The van der Waals surface area contributed by atoms with Gasteiger partial charge in [-0.1, -0.05) is 18.2 Å². The van der Waals surface area contributed by atoms with Gasteiger partial charge in [-0.15, -0.1) is 0 Å². The Bertz CT molecular complexity index is 890. The Morgan fingerprint density at radius 2 is 1.68 bits per heavy atom. The average Bonchev–Trinajstić information content (AvgIpc) is 2.81. The summed E-state index contributed by atoms with van der Waals surface area (Å²) in [4.78, 5) is 24.6. The van der Waals surface area contributed by atoms with E-state index in [1.54, 1.807) is 19.3 Å². The molecule has 1 N–H and O–H groups in total. The molecular formula is C23H28O8. The van der Waals surface area contributed by atoms with Crippen LogP contribution in [0.15, 0.2) is 42.0 Å². The van der Waals surface area contributed by atoms with Crippen molar-refractivity contribution in [3.05, 3.63) is 47.6 Å². The third-order valence-electron chi connectivity index (χ3n) is 6.19. The van der Waals surface area contributed by atoms with E-state index in [4.69, 9.17) is 18.9 Å². The SMILES string of the molecule is COC(=O)/C=C/C1=CC2C(c3ccc(OC)c(OC)c3)C(C(=O)OC)C1[C@@H](OC)C2O. The van der Waals surface area contributed by atoms with Crippen molar-refractivity contribution in [1.29, 1.82) is 0 Å². The molecule has 0 amide bonds. The zero-order valence-electron chi connectivity index (χ0n) is 18.2. The fourth-order valence-corrected chi connectivity index (χ4v) is 4.85. The zero-order valence-corrected chi connectivity index (χ0v) is 18.2. The number of ether oxygens (including phenoxy) is 5. The van der Waals surface area contributed by atoms with Crippen LogP contribution < -0.4 is 9.47 Å². The van der Waals surface area contributed by atoms with Gasteiger partial charge in [-0.3, -0.25) is 4.79 Å². The molecule has 0 saturated heterocycles. The topological polar surface area (TPSA) is 101 Å². The van der Waals surface area contributed by atoms with Gasteiger partial charge >= 0.3 is 11.9 Å². The largest absolute Gasteiger partial charge is 0.493 e. The first-order chi connectivity index (χ1) is 14.9. The second-order valence-corrected chi connectivity index (χ2v) is 7.51. The van der Waals surface area contributed by atoms with Gasteiger partial charge in [-0.2, -0.15) is 0 Å². The number of rotatable bonds is 7. The maximum Gasteiger partial charge on any atom is 0.330 e. The number of allylic oxidation sites excluding steroid dienone is 1. The van der Waals surface area contributed by atoms with Crippen LogP contribution in [-0.2, 0) is 23.8 Å². The third-order valence-corrected chi connectivity index (χ3v) is 6.19. The van der Waals surface area contributed by atoms with Gasteiger partial charge in [0.25, 0.3) is 0 Å². The van der Waals surface area contributed by atoms with Crippen LogP contribution in [0.5, 0.6) is 11.5 Å². The summed E-state index contributed by atoms with van der Waals surface area (Å²) >= 11 is 0. The molecular weight excluding hydrogens is 404 g/mol. The van der Waals surface area contributed by atoms with Crippen molar-refractivity contribution in [2.24, 2.45) is 17.8 Å². The standard InChI is InChI=1S/C23H28O8/c1-27-15-8-6-13(11-16(15)28-2)18-14-10-12(7-9-17(24)29-3)19(20(18)23(26)31-5)22(30-4)21(14)25/h6-11,14,18-22,25H,1-5H3/b9-7+/t14?,18?,19?,20?,21?,22-/m1/s1. The Hall–Kier alpha value is -2.84. The first kappa shape index (κ1) is 22.8. The number of fused-ring (bicyclic) bond motifs is 2. The number of aliphatic hydroxyl groups is 1. The Kier molecular flexibility index (Phi) is 7.02. The van der Waals surface area contributed by atoms with Crippen LogP contribution in [-0.4, -0.2) is 64.8 Å². The van der Waals surface area contributed by atoms with Gasteiger partial charge in [0, 0.05) is 30.9 Å². The maximum atomic E-state index is 13.0. The van der Waals surface area contributed by atoms with Gasteiger partial charge in [0.1, 0.15) is 0 Å². The van der Waals surface area contributed by atoms with E-state index in [-0.39, 0.29) is 5.92 Å². The monoisotopic (exact) mass is 432 g/mol. The van der Waals surface area contributed by atoms with Crippen LogP contribution in [0.1, 0.15) is 11.5 Å². The lowest BCUT2D eigenvalue weighted by Gasteiger charge is -2.52. The summed E-state index contributed by atoms with van der Waals surface area (Å²) in [5.41, 5.74) is 1.53. The number of hydrogen-bond acceptors (Lipinski definition) is 8. The Morgan fingerprint density at radius 3 is 2.26 bits per heavy atom. The smallest absolute Gasteiger partial charge is 0.330 e. The molecule has 2 bridgehead atoms. The fourth-order valence-electron chi connectivity index (χ4n) is 4.85. The van der Waals surface area contributed by atoms with E-state index in [0.29, 0.717) is 11.5 Å². The molecule has 0 aliphatic heterocycles. The van der Waals surface area contributed by atoms with Gasteiger partial charge in [-0.25, -0.2) is 4.79 Å². The lowest BCUT2D eigenvalue weighted by Crippen LogP contribution is -2.57. The summed E-state index contributed by atoms with van der Waals surface area (Å²) in [7, 11) is 7.21. The van der Waals surface area contributed by atoms with E-state index < -0.39 is 41.9 Å². The van der Waals surface area contributed by atoms with Crippen LogP contribution in [0, 0.1) is 17.8 Å². The molecule has 8 heteroatoms. The Labute approximate surface area is 181 Å². The molecule has 6 atom stereocenters. The first-order valence-corrected chi connectivity index (χ1v) is 9.90. The number of carbonyl (C=O) groups excluding carboxylic acids is 2. The van der Waals surface area contributed by atoms with Crippen LogP contribution in [0.4, 0.5) is 0 Å². The van der Waals surface area contributed by atoms with Crippen molar-refractivity contribution in [2.45, 2.75) is 18.1 Å². The minimum atomic E-state index is -0.843. The van der Waals surface area contributed by atoms with E-state index >= 15 is 0 Å². The fraction of sp³-hybridized carbons (Fsp3) is 0.478. The number of methoxy groups -OCH3 is 5. The molecule has 1 aromatic rings. The minimum absolute atomic E-state index is 0.381. The lowest BCUT2D eigenvalue weighted by molar-refractivity contribution is -0.163. The van der Waals surface area contributed by atoms with Crippen LogP contribution >= 0.6 is 0 Å². The van der Waals surface area contributed by atoms with E-state index in [0.717, 1.165) is 11.1 Å². The summed E-state index contributed by atoms with van der Waals surface area (Å²) < 4.78 is 26.2. The molecule has 0 heterocycles. The van der Waals surface area contributed by atoms with Gasteiger partial charge in [0.15, 0.2) is 11.5 Å². The van der Waals surface area contributed by atoms with Gasteiger partial charge in [-0.05, 0) is 23.3 Å². The van der Waals surface area contributed by atoms with Gasteiger partial charge in [0.2, 0.25) is 0 Å². The number of aliphatic hydroxyl groups excluding tert-OH is 1. The highest BCUT2D eigenvalue weighted by Crippen LogP contribution is 2.55. The summed E-state index contributed by atoms with van der Waals surface area (Å²) in [5.74, 6) is -1.82. The van der Waals surface area contributed by atoms with E-state index in [1.807, 2.05) is 18.2 Å². The number of hydrogen-bond donors (Lipinski definition) is 1. The summed E-state index contributed by atoms with van der Waals surface area (Å²) in [6, 6.07) is 5.44. The van der Waals surface area contributed by atoms with Gasteiger partial charge < -0.3 is 28.8 Å².